The Morgan fingerprint density at radius 1 is 1.18 bits per heavy atom. The second-order valence-electron chi connectivity index (χ2n) is 4.93. The highest BCUT2D eigenvalue weighted by Gasteiger charge is 2.07. The number of hydrogen-bond donors (Lipinski definition) is 2. The molecular weight excluding hydrogens is 214 g/mol. The third kappa shape index (κ3) is 4.86. The van der Waals surface area contributed by atoms with Crippen molar-refractivity contribution in [3.8, 4) is 0 Å². The van der Waals surface area contributed by atoms with Gasteiger partial charge < -0.3 is 10.2 Å². The van der Waals surface area contributed by atoms with E-state index in [2.05, 4.69) is 38.1 Å². The predicted molar refractivity (Wildman–Crippen MR) is 70.0 cm³/mol. The van der Waals surface area contributed by atoms with Crippen molar-refractivity contribution in [2.24, 2.45) is 0 Å². The summed E-state index contributed by atoms with van der Waals surface area (Å²) in [7, 11) is 1.94. The molecule has 3 heteroatoms. The SMILES string of the molecule is CC(C)c1ccc(CN(C)CC(O)CO)cc1. The first-order valence-corrected chi connectivity index (χ1v) is 6.09. The number of aliphatic hydroxyl groups is 2. The number of hydrogen-bond acceptors (Lipinski definition) is 3. The van der Waals surface area contributed by atoms with E-state index in [1.54, 1.807) is 0 Å². The lowest BCUT2D eigenvalue weighted by Crippen LogP contribution is -2.30. The maximum atomic E-state index is 9.33. The van der Waals surface area contributed by atoms with Crippen LogP contribution in [-0.2, 0) is 6.54 Å². The van der Waals surface area contributed by atoms with E-state index in [0.29, 0.717) is 12.5 Å². The molecule has 17 heavy (non-hydrogen) atoms. The molecule has 0 heterocycles. The minimum absolute atomic E-state index is 0.184. The fraction of sp³-hybridized carbons (Fsp3) is 0.571. The maximum absolute atomic E-state index is 9.33. The minimum Gasteiger partial charge on any atom is -0.394 e. The molecule has 1 rings (SSSR count). The molecule has 2 N–H and O–H groups in total. The van der Waals surface area contributed by atoms with Gasteiger partial charge in [-0.05, 0) is 24.1 Å². The summed E-state index contributed by atoms with van der Waals surface area (Å²) in [5, 5.41) is 18.1. The number of rotatable bonds is 6. The fourth-order valence-electron chi connectivity index (χ4n) is 1.80. The van der Waals surface area contributed by atoms with Gasteiger partial charge in [-0.3, -0.25) is 4.90 Å². The Kier molecular flexibility index (Phi) is 5.62. The summed E-state index contributed by atoms with van der Waals surface area (Å²) in [4.78, 5) is 2.01. The van der Waals surface area contributed by atoms with Crippen LogP contribution in [0.2, 0.25) is 0 Å². The van der Waals surface area contributed by atoms with Crippen molar-refractivity contribution < 1.29 is 10.2 Å². The van der Waals surface area contributed by atoms with Gasteiger partial charge in [-0.1, -0.05) is 38.1 Å². The first kappa shape index (κ1) is 14.2. The molecule has 0 aliphatic heterocycles. The molecule has 1 aromatic carbocycles. The molecule has 0 aromatic heterocycles. The maximum Gasteiger partial charge on any atom is 0.0897 e. The van der Waals surface area contributed by atoms with Crippen LogP contribution in [-0.4, -0.2) is 41.4 Å². The first-order valence-electron chi connectivity index (χ1n) is 6.09. The molecule has 0 aliphatic carbocycles. The Balaban J connectivity index is 2.51. The molecular formula is C14H23NO2. The van der Waals surface area contributed by atoms with Crippen molar-refractivity contribution >= 4 is 0 Å². The second kappa shape index (κ2) is 6.74. The molecule has 0 saturated carbocycles. The van der Waals surface area contributed by atoms with Crippen LogP contribution in [0, 0.1) is 0 Å². The molecule has 0 aliphatic rings. The summed E-state index contributed by atoms with van der Waals surface area (Å²) < 4.78 is 0. The summed E-state index contributed by atoms with van der Waals surface area (Å²) in [5.41, 5.74) is 2.56. The number of aliphatic hydroxyl groups excluding tert-OH is 2. The lowest BCUT2D eigenvalue weighted by atomic mass is 10.0. The van der Waals surface area contributed by atoms with Gasteiger partial charge in [-0.15, -0.1) is 0 Å². The molecule has 1 atom stereocenters. The van der Waals surface area contributed by atoms with Gasteiger partial charge in [0, 0.05) is 13.1 Å². The van der Waals surface area contributed by atoms with Crippen LogP contribution in [0.15, 0.2) is 24.3 Å². The van der Waals surface area contributed by atoms with Crippen LogP contribution < -0.4 is 0 Å². The molecule has 0 radical (unpaired) electrons. The van der Waals surface area contributed by atoms with E-state index in [9.17, 15) is 5.11 Å². The third-order valence-corrected chi connectivity index (χ3v) is 2.83. The number of likely N-dealkylation sites (N-methyl/N-ethyl adjacent to an activating group) is 1. The van der Waals surface area contributed by atoms with E-state index in [-0.39, 0.29) is 6.61 Å². The second-order valence-corrected chi connectivity index (χ2v) is 4.93. The van der Waals surface area contributed by atoms with Crippen LogP contribution in [0.1, 0.15) is 30.9 Å². The van der Waals surface area contributed by atoms with Gasteiger partial charge in [0.15, 0.2) is 0 Å². The molecule has 0 fully saturated rings. The Labute approximate surface area is 104 Å². The lowest BCUT2D eigenvalue weighted by Gasteiger charge is -2.19. The van der Waals surface area contributed by atoms with Crippen LogP contribution in [0.4, 0.5) is 0 Å². The average Bonchev–Trinajstić information content (AvgIpc) is 2.29. The number of benzene rings is 1. The molecule has 1 unspecified atom stereocenters. The predicted octanol–water partition coefficient (Wildman–Crippen LogP) is 1.59. The molecule has 0 saturated heterocycles. The smallest absolute Gasteiger partial charge is 0.0897 e. The zero-order valence-electron chi connectivity index (χ0n) is 10.9. The van der Waals surface area contributed by atoms with Crippen LogP contribution in [0.25, 0.3) is 0 Å². The van der Waals surface area contributed by atoms with Crippen molar-refractivity contribution in [3.63, 3.8) is 0 Å². The van der Waals surface area contributed by atoms with E-state index in [0.717, 1.165) is 6.54 Å². The zero-order chi connectivity index (χ0) is 12.8. The van der Waals surface area contributed by atoms with Gasteiger partial charge in [0.05, 0.1) is 12.7 Å². The topological polar surface area (TPSA) is 43.7 Å². The van der Waals surface area contributed by atoms with Gasteiger partial charge in [0.2, 0.25) is 0 Å². The summed E-state index contributed by atoms with van der Waals surface area (Å²) in [6.07, 6.45) is -0.657. The van der Waals surface area contributed by atoms with Crippen LogP contribution in [0.5, 0.6) is 0 Å². The molecule has 0 spiro atoms. The van der Waals surface area contributed by atoms with Crippen molar-refractivity contribution in [2.75, 3.05) is 20.2 Å². The van der Waals surface area contributed by atoms with E-state index in [1.807, 2.05) is 11.9 Å². The van der Waals surface area contributed by atoms with E-state index in [1.165, 1.54) is 11.1 Å². The van der Waals surface area contributed by atoms with Gasteiger partial charge in [0.25, 0.3) is 0 Å². The van der Waals surface area contributed by atoms with Gasteiger partial charge in [-0.25, -0.2) is 0 Å². The Morgan fingerprint density at radius 3 is 2.24 bits per heavy atom. The van der Waals surface area contributed by atoms with Gasteiger partial charge in [-0.2, -0.15) is 0 Å². The monoisotopic (exact) mass is 237 g/mol. The van der Waals surface area contributed by atoms with Gasteiger partial charge in [0.1, 0.15) is 0 Å². The highest BCUT2D eigenvalue weighted by molar-refractivity contribution is 5.24. The lowest BCUT2D eigenvalue weighted by molar-refractivity contribution is 0.0648. The molecule has 0 amide bonds. The molecule has 3 nitrogen and oxygen atoms in total. The van der Waals surface area contributed by atoms with Crippen LogP contribution >= 0.6 is 0 Å². The number of nitrogens with zero attached hydrogens (tertiary/aromatic N) is 1. The quantitative estimate of drug-likeness (QED) is 0.790. The van der Waals surface area contributed by atoms with Crippen molar-refractivity contribution in [2.45, 2.75) is 32.4 Å². The van der Waals surface area contributed by atoms with E-state index in [4.69, 9.17) is 5.11 Å². The van der Waals surface area contributed by atoms with Crippen LogP contribution in [0.3, 0.4) is 0 Å². The largest absolute Gasteiger partial charge is 0.394 e. The van der Waals surface area contributed by atoms with Crippen molar-refractivity contribution in [1.29, 1.82) is 0 Å². The Bertz CT molecular complexity index is 321. The Hall–Kier alpha value is -0.900. The fourth-order valence-corrected chi connectivity index (χ4v) is 1.80. The molecule has 1 aromatic rings. The molecule has 96 valence electrons. The van der Waals surface area contributed by atoms with Crippen molar-refractivity contribution in [1.82, 2.24) is 4.90 Å². The highest BCUT2D eigenvalue weighted by atomic mass is 16.3. The Morgan fingerprint density at radius 2 is 1.76 bits per heavy atom. The summed E-state index contributed by atoms with van der Waals surface area (Å²) in [6, 6.07) is 8.54. The average molecular weight is 237 g/mol. The summed E-state index contributed by atoms with van der Waals surface area (Å²) in [5.74, 6) is 0.554. The zero-order valence-corrected chi connectivity index (χ0v) is 10.9. The highest BCUT2D eigenvalue weighted by Crippen LogP contribution is 2.15. The molecule has 0 bridgehead atoms. The van der Waals surface area contributed by atoms with Crippen molar-refractivity contribution in [3.05, 3.63) is 35.4 Å². The normalized spacial score (nSPS) is 13.4. The third-order valence-electron chi connectivity index (χ3n) is 2.83. The first-order chi connectivity index (χ1) is 8.02. The van der Waals surface area contributed by atoms with E-state index < -0.39 is 6.10 Å². The van der Waals surface area contributed by atoms with Gasteiger partial charge >= 0.3 is 0 Å². The minimum atomic E-state index is -0.657. The van der Waals surface area contributed by atoms with E-state index >= 15 is 0 Å². The summed E-state index contributed by atoms with van der Waals surface area (Å²) in [6.45, 7) is 5.45. The standard InChI is InChI=1S/C14H23NO2/c1-11(2)13-6-4-12(5-7-13)8-15(3)9-14(17)10-16/h4-7,11,14,16-17H,8-10H2,1-3H3. The summed E-state index contributed by atoms with van der Waals surface area (Å²) >= 11 is 0.